The quantitative estimate of drug-likeness (QED) is 0.597. The van der Waals surface area contributed by atoms with Gasteiger partial charge in [0, 0.05) is 10.6 Å². The Morgan fingerprint density at radius 1 is 1.20 bits per heavy atom. The monoisotopic (exact) mass is 174 g/mol. The lowest BCUT2D eigenvalue weighted by molar-refractivity contribution is 0.112. The van der Waals surface area contributed by atoms with Crippen LogP contribution >= 0.6 is 25.1 Å². The number of halogens is 1. The van der Waals surface area contributed by atoms with Crippen molar-refractivity contribution >= 4 is 31.4 Å². The van der Waals surface area contributed by atoms with Crippen LogP contribution in [0.2, 0.25) is 5.02 Å². The summed E-state index contributed by atoms with van der Waals surface area (Å²) in [6, 6.07) is 6.72. The zero-order valence-electron chi connectivity index (χ0n) is 5.17. The van der Waals surface area contributed by atoms with Gasteiger partial charge in [0.2, 0.25) is 0 Å². The van der Waals surface area contributed by atoms with Gasteiger partial charge in [-0.1, -0.05) is 23.7 Å². The molecule has 0 saturated carbocycles. The number of rotatable bonds is 1. The highest BCUT2D eigenvalue weighted by atomic mass is 35.5. The lowest BCUT2D eigenvalue weighted by atomic mass is 10.2. The Morgan fingerprint density at radius 2 is 1.70 bits per heavy atom. The van der Waals surface area contributed by atoms with Crippen LogP contribution in [0.5, 0.6) is 0 Å². The van der Waals surface area contributed by atoms with Gasteiger partial charge in [-0.3, -0.25) is 4.79 Å². The first kappa shape index (κ1) is 9.53. The van der Waals surface area contributed by atoms with Crippen molar-refractivity contribution in [3.63, 3.8) is 0 Å². The fraction of sp³-hybridized carbons (Fsp3) is 0. The zero-order chi connectivity index (χ0) is 6.69. The summed E-state index contributed by atoms with van der Waals surface area (Å²) >= 11 is 5.55. The molecule has 1 aromatic rings. The Hall–Kier alpha value is -0.470. The van der Waals surface area contributed by atoms with Gasteiger partial charge in [-0.2, -0.15) is 13.5 Å². The van der Waals surface area contributed by atoms with Crippen molar-refractivity contribution < 1.29 is 4.79 Å². The molecule has 0 spiro atoms. The van der Waals surface area contributed by atoms with E-state index in [-0.39, 0.29) is 13.5 Å². The summed E-state index contributed by atoms with van der Waals surface area (Å²) in [6.45, 7) is 0. The zero-order valence-corrected chi connectivity index (χ0v) is 6.93. The van der Waals surface area contributed by atoms with E-state index in [0.717, 1.165) is 6.29 Å². The van der Waals surface area contributed by atoms with Crippen LogP contribution in [0, 0.1) is 0 Å². The molecule has 3 heteroatoms. The minimum Gasteiger partial charge on any atom is -0.298 e. The van der Waals surface area contributed by atoms with Gasteiger partial charge in [0.15, 0.2) is 0 Å². The fourth-order valence-corrected chi connectivity index (χ4v) is 0.667. The maximum Gasteiger partial charge on any atom is 0.150 e. The molecule has 0 aliphatic heterocycles. The van der Waals surface area contributed by atoms with E-state index in [0.29, 0.717) is 10.6 Å². The van der Waals surface area contributed by atoms with Crippen molar-refractivity contribution in [1.82, 2.24) is 0 Å². The number of benzene rings is 1. The fourth-order valence-electron chi connectivity index (χ4n) is 0.541. The van der Waals surface area contributed by atoms with E-state index in [4.69, 9.17) is 11.6 Å². The lowest BCUT2D eigenvalue weighted by Crippen LogP contribution is -1.74. The number of carbonyl (C=O) groups excluding carboxylic acids is 1. The Morgan fingerprint density at radius 3 is 2.10 bits per heavy atom. The molecule has 1 aromatic carbocycles. The lowest BCUT2D eigenvalue weighted by Gasteiger charge is -1.87. The average Bonchev–Trinajstić information content (AvgIpc) is 1.90. The summed E-state index contributed by atoms with van der Waals surface area (Å²) in [5.41, 5.74) is 0.652. The van der Waals surface area contributed by atoms with Crippen LogP contribution in [0.1, 0.15) is 10.4 Å². The van der Waals surface area contributed by atoms with Gasteiger partial charge in [0.05, 0.1) is 0 Å². The number of hydrogen-bond donors (Lipinski definition) is 0. The third-order valence-electron chi connectivity index (χ3n) is 1.01. The predicted octanol–water partition coefficient (Wildman–Crippen LogP) is 2.27. The van der Waals surface area contributed by atoms with Crippen molar-refractivity contribution in [2.45, 2.75) is 0 Å². The largest absolute Gasteiger partial charge is 0.298 e. The molecule has 0 saturated heterocycles. The molecule has 10 heavy (non-hydrogen) atoms. The van der Waals surface area contributed by atoms with Crippen LogP contribution < -0.4 is 0 Å². The molecule has 0 amide bonds. The second-order valence-corrected chi connectivity index (χ2v) is 2.11. The predicted molar refractivity (Wildman–Crippen MR) is 47.2 cm³/mol. The minimum absolute atomic E-state index is 0. The number of aldehydes is 1. The first-order chi connectivity index (χ1) is 4.33. The molecule has 54 valence electrons. The summed E-state index contributed by atoms with van der Waals surface area (Å²) in [5.74, 6) is 0. The molecule has 0 aliphatic rings. The first-order valence-electron chi connectivity index (χ1n) is 2.53. The molecule has 0 radical (unpaired) electrons. The molecule has 0 atom stereocenters. The summed E-state index contributed by atoms with van der Waals surface area (Å²) in [7, 11) is 0. The Bertz CT molecular complexity index is 207. The molecule has 1 rings (SSSR count). The molecular formula is C7H7ClOS. The van der Waals surface area contributed by atoms with E-state index >= 15 is 0 Å². The third kappa shape index (κ3) is 2.42. The van der Waals surface area contributed by atoms with Gasteiger partial charge < -0.3 is 0 Å². The van der Waals surface area contributed by atoms with E-state index in [2.05, 4.69) is 0 Å². The van der Waals surface area contributed by atoms with Gasteiger partial charge in [-0.05, 0) is 12.1 Å². The normalized spacial score (nSPS) is 8.10. The van der Waals surface area contributed by atoms with Crippen LogP contribution in [0.15, 0.2) is 24.3 Å². The smallest absolute Gasteiger partial charge is 0.150 e. The third-order valence-corrected chi connectivity index (χ3v) is 1.26. The van der Waals surface area contributed by atoms with Crippen LogP contribution in [0.4, 0.5) is 0 Å². The van der Waals surface area contributed by atoms with Crippen LogP contribution in [-0.2, 0) is 0 Å². The van der Waals surface area contributed by atoms with E-state index < -0.39 is 0 Å². The Balaban J connectivity index is 0.000000810. The molecule has 0 fully saturated rings. The molecule has 0 unspecified atom stereocenters. The minimum atomic E-state index is 0. The number of hydrogen-bond acceptors (Lipinski definition) is 1. The van der Waals surface area contributed by atoms with E-state index in [9.17, 15) is 4.79 Å². The van der Waals surface area contributed by atoms with Gasteiger partial charge >= 0.3 is 0 Å². The van der Waals surface area contributed by atoms with Gasteiger partial charge in [-0.15, -0.1) is 0 Å². The van der Waals surface area contributed by atoms with Gasteiger partial charge in [0.1, 0.15) is 6.29 Å². The highest BCUT2D eigenvalue weighted by Gasteiger charge is 1.86. The van der Waals surface area contributed by atoms with Crippen molar-refractivity contribution in [2.24, 2.45) is 0 Å². The summed E-state index contributed by atoms with van der Waals surface area (Å²) in [5, 5.41) is 0.653. The van der Waals surface area contributed by atoms with Crippen molar-refractivity contribution in [1.29, 1.82) is 0 Å². The maximum absolute atomic E-state index is 10.1. The molecule has 0 bridgehead atoms. The summed E-state index contributed by atoms with van der Waals surface area (Å²) in [4.78, 5) is 10.1. The maximum atomic E-state index is 10.1. The molecular weight excluding hydrogens is 168 g/mol. The summed E-state index contributed by atoms with van der Waals surface area (Å²) in [6.07, 6.45) is 0.788. The second-order valence-electron chi connectivity index (χ2n) is 1.67. The van der Waals surface area contributed by atoms with Crippen molar-refractivity contribution in [3.05, 3.63) is 34.9 Å². The molecule has 0 aliphatic carbocycles. The van der Waals surface area contributed by atoms with Gasteiger partial charge in [0.25, 0.3) is 0 Å². The average molecular weight is 175 g/mol. The van der Waals surface area contributed by atoms with E-state index in [1.54, 1.807) is 24.3 Å². The molecule has 1 nitrogen and oxygen atoms in total. The van der Waals surface area contributed by atoms with E-state index in [1.807, 2.05) is 0 Å². The van der Waals surface area contributed by atoms with Crippen LogP contribution in [-0.4, -0.2) is 6.29 Å². The van der Waals surface area contributed by atoms with Crippen molar-refractivity contribution in [3.8, 4) is 0 Å². The van der Waals surface area contributed by atoms with E-state index in [1.165, 1.54) is 0 Å². The molecule has 0 N–H and O–H groups in total. The Kier molecular flexibility index (Phi) is 4.16. The Labute approximate surface area is 71.5 Å². The highest BCUT2D eigenvalue weighted by molar-refractivity contribution is 7.59. The first-order valence-corrected chi connectivity index (χ1v) is 2.91. The SMILES string of the molecule is O=Cc1ccc(Cl)cc1.S. The molecule has 0 heterocycles. The summed E-state index contributed by atoms with van der Waals surface area (Å²) < 4.78 is 0. The van der Waals surface area contributed by atoms with Crippen molar-refractivity contribution in [2.75, 3.05) is 0 Å². The highest BCUT2D eigenvalue weighted by Crippen LogP contribution is 2.07. The van der Waals surface area contributed by atoms with Crippen LogP contribution in [0.3, 0.4) is 0 Å². The topological polar surface area (TPSA) is 17.1 Å². The molecule has 0 aromatic heterocycles. The van der Waals surface area contributed by atoms with Crippen LogP contribution in [0.25, 0.3) is 0 Å². The standard InChI is InChI=1S/C7H5ClO.H2S/c8-7-3-1-6(5-9)2-4-7;/h1-5H;1H2. The number of carbonyl (C=O) groups is 1. The second kappa shape index (κ2) is 4.36. The van der Waals surface area contributed by atoms with Gasteiger partial charge in [-0.25, -0.2) is 0 Å².